The molecule has 1 N–H and O–H groups in total. The molecule has 0 aromatic heterocycles. The van der Waals surface area contributed by atoms with Gasteiger partial charge < -0.3 is 15.0 Å². The number of hydrogen-bond donors (Lipinski definition) is 1. The van der Waals surface area contributed by atoms with Gasteiger partial charge in [0.15, 0.2) is 0 Å². The summed E-state index contributed by atoms with van der Waals surface area (Å²) in [5, 5.41) is 3.30. The van der Waals surface area contributed by atoms with Crippen LogP contribution in [0.15, 0.2) is 0 Å². The number of ether oxygens (including phenoxy) is 1. The summed E-state index contributed by atoms with van der Waals surface area (Å²) in [6.45, 7) is 1.79. The summed E-state index contributed by atoms with van der Waals surface area (Å²) in [5.41, 5.74) is 0. The molecule has 1 amide bonds. The zero-order chi connectivity index (χ0) is 12.0. The van der Waals surface area contributed by atoms with Crippen LogP contribution >= 0.6 is 0 Å². The Hall–Kier alpha value is -0.610. The minimum Gasteiger partial charge on any atom is -0.385 e. The molecule has 1 fully saturated rings. The highest BCUT2D eigenvalue weighted by Gasteiger charge is 2.27. The average molecular weight is 228 g/mol. The van der Waals surface area contributed by atoms with E-state index < -0.39 is 0 Å². The third-order valence-corrected chi connectivity index (χ3v) is 3.21. The van der Waals surface area contributed by atoms with Crippen molar-refractivity contribution in [3.63, 3.8) is 0 Å². The first-order chi connectivity index (χ1) is 7.65. The molecule has 2 atom stereocenters. The summed E-state index contributed by atoms with van der Waals surface area (Å²) in [7, 11) is 5.37. The Morgan fingerprint density at radius 3 is 2.88 bits per heavy atom. The molecule has 0 spiro atoms. The largest absolute Gasteiger partial charge is 0.385 e. The summed E-state index contributed by atoms with van der Waals surface area (Å²) in [4.78, 5) is 13.5. The van der Waals surface area contributed by atoms with Gasteiger partial charge in [0.05, 0.1) is 6.04 Å². The summed E-state index contributed by atoms with van der Waals surface area (Å²) in [6.07, 6.45) is 4.43. The van der Waals surface area contributed by atoms with Crippen LogP contribution in [0.5, 0.6) is 0 Å². The van der Waals surface area contributed by atoms with Gasteiger partial charge in [-0.05, 0) is 38.1 Å². The molecule has 1 heterocycles. The Bertz CT molecular complexity index is 219. The highest BCUT2D eigenvalue weighted by molar-refractivity contribution is 5.81. The molecular weight excluding hydrogens is 204 g/mol. The van der Waals surface area contributed by atoms with Crippen molar-refractivity contribution in [2.45, 2.75) is 31.7 Å². The normalized spacial score (nSPS) is 25.4. The van der Waals surface area contributed by atoms with Crippen molar-refractivity contribution in [3.05, 3.63) is 0 Å². The van der Waals surface area contributed by atoms with E-state index in [0.717, 1.165) is 26.0 Å². The van der Waals surface area contributed by atoms with E-state index in [0.29, 0.717) is 5.92 Å². The predicted octanol–water partition coefficient (Wildman–Crippen LogP) is 0.869. The van der Waals surface area contributed by atoms with Crippen molar-refractivity contribution >= 4 is 5.91 Å². The minimum absolute atomic E-state index is 0.0243. The topological polar surface area (TPSA) is 41.6 Å². The monoisotopic (exact) mass is 228 g/mol. The van der Waals surface area contributed by atoms with Gasteiger partial charge >= 0.3 is 0 Å². The Morgan fingerprint density at radius 1 is 1.50 bits per heavy atom. The standard InChI is InChI=1S/C12H24N2O2/c1-14(2)12(15)11-9-10(6-7-13-11)5-4-8-16-3/h10-11,13H,4-9H2,1-3H3. The average Bonchev–Trinajstić information content (AvgIpc) is 2.29. The highest BCUT2D eigenvalue weighted by atomic mass is 16.5. The van der Waals surface area contributed by atoms with Crippen LogP contribution in [0.2, 0.25) is 0 Å². The fraction of sp³-hybridized carbons (Fsp3) is 0.917. The number of nitrogens with zero attached hydrogens (tertiary/aromatic N) is 1. The number of carbonyl (C=O) groups is 1. The fourth-order valence-corrected chi connectivity index (χ4v) is 2.27. The molecule has 0 radical (unpaired) electrons. The third kappa shape index (κ3) is 4.10. The summed E-state index contributed by atoms with van der Waals surface area (Å²) in [6, 6.07) is 0.0243. The van der Waals surface area contributed by atoms with Gasteiger partial charge in [0.25, 0.3) is 0 Å². The second-order valence-electron chi connectivity index (χ2n) is 4.76. The SMILES string of the molecule is COCCCC1CCNC(C(=O)N(C)C)C1. The first-order valence-electron chi connectivity index (χ1n) is 6.08. The van der Waals surface area contributed by atoms with E-state index in [9.17, 15) is 4.79 Å². The lowest BCUT2D eigenvalue weighted by Gasteiger charge is -2.31. The number of hydrogen-bond acceptors (Lipinski definition) is 3. The first kappa shape index (κ1) is 13.5. The Balaban J connectivity index is 2.32. The maximum atomic E-state index is 11.8. The van der Waals surface area contributed by atoms with Crippen LogP contribution in [-0.2, 0) is 9.53 Å². The molecule has 94 valence electrons. The van der Waals surface area contributed by atoms with Gasteiger partial charge in [-0.25, -0.2) is 0 Å². The molecule has 0 aromatic rings. The van der Waals surface area contributed by atoms with E-state index >= 15 is 0 Å². The maximum Gasteiger partial charge on any atom is 0.239 e. The molecule has 0 aliphatic carbocycles. The van der Waals surface area contributed by atoms with Crippen LogP contribution in [0.3, 0.4) is 0 Å². The van der Waals surface area contributed by atoms with Gasteiger partial charge in [-0.15, -0.1) is 0 Å². The quantitative estimate of drug-likeness (QED) is 0.710. The molecule has 16 heavy (non-hydrogen) atoms. The molecule has 4 nitrogen and oxygen atoms in total. The summed E-state index contributed by atoms with van der Waals surface area (Å²) >= 11 is 0. The molecule has 0 bridgehead atoms. The molecule has 1 rings (SSSR count). The molecule has 4 heteroatoms. The predicted molar refractivity (Wildman–Crippen MR) is 64.3 cm³/mol. The number of rotatable bonds is 5. The Labute approximate surface area is 98.3 Å². The smallest absolute Gasteiger partial charge is 0.239 e. The second-order valence-corrected chi connectivity index (χ2v) is 4.76. The number of likely N-dealkylation sites (N-methyl/N-ethyl adjacent to an activating group) is 1. The van der Waals surface area contributed by atoms with Gasteiger partial charge in [0.2, 0.25) is 5.91 Å². The second kappa shape index (κ2) is 6.86. The maximum absolute atomic E-state index is 11.8. The van der Waals surface area contributed by atoms with Crippen LogP contribution in [-0.4, -0.2) is 51.2 Å². The number of amides is 1. The van der Waals surface area contributed by atoms with Gasteiger partial charge in [-0.2, -0.15) is 0 Å². The van der Waals surface area contributed by atoms with E-state index in [2.05, 4.69) is 5.32 Å². The van der Waals surface area contributed by atoms with E-state index in [1.54, 1.807) is 12.0 Å². The first-order valence-corrected chi connectivity index (χ1v) is 6.08. The highest BCUT2D eigenvalue weighted by Crippen LogP contribution is 2.21. The van der Waals surface area contributed by atoms with Crippen LogP contribution in [0.4, 0.5) is 0 Å². The number of methoxy groups -OCH3 is 1. The van der Waals surface area contributed by atoms with Crippen molar-refractivity contribution < 1.29 is 9.53 Å². The van der Waals surface area contributed by atoms with E-state index in [4.69, 9.17) is 4.74 Å². The molecule has 1 aliphatic rings. The lowest BCUT2D eigenvalue weighted by Crippen LogP contribution is -2.48. The number of carbonyl (C=O) groups excluding carboxylic acids is 1. The van der Waals surface area contributed by atoms with Crippen LogP contribution in [0, 0.1) is 5.92 Å². The van der Waals surface area contributed by atoms with Crippen molar-refractivity contribution in [3.8, 4) is 0 Å². The van der Waals surface area contributed by atoms with E-state index in [1.807, 2.05) is 14.1 Å². The summed E-state index contributed by atoms with van der Waals surface area (Å²) < 4.78 is 5.05. The molecule has 2 unspecified atom stereocenters. The Morgan fingerprint density at radius 2 is 2.25 bits per heavy atom. The number of nitrogens with one attached hydrogen (secondary N) is 1. The molecule has 0 saturated carbocycles. The van der Waals surface area contributed by atoms with Gasteiger partial charge in [0.1, 0.15) is 0 Å². The van der Waals surface area contributed by atoms with Crippen molar-refractivity contribution in [1.82, 2.24) is 10.2 Å². The van der Waals surface area contributed by atoms with Crippen molar-refractivity contribution in [2.24, 2.45) is 5.92 Å². The van der Waals surface area contributed by atoms with E-state index in [-0.39, 0.29) is 11.9 Å². The third-order valence-electron chi connectivity index (χ3n) is 3.21. The van der Waals surface area contributed by atoms with E-state index in [1.165, 1.54) is 12.8 Å². The van der Waals surface area contributed by atoms with Gasteiger partial charge in [0, 0.05) is 27.8 Å². The fourth-order valence-electron chi connectivity index (χ4n) is 2.27. The molecular formula is C12H24N2O2. The summed E-state index contributed by atoms with van der Waals surface area (Å²) in [5.74, 6) is 0.877. The van der Waals surface area contributed by atoms with Gasteiger partial charge in [-0.3, -0.25) is 4.79 Å². The number of piperidine rings is 1. The van der Waals surface area contributed by atoms with Crippen LogP contribution in [0.1, 0.15) is 25.7 Å². The molecule has 1 saturated heterocycles. The van der Waals surface area contributed by atoms with Crippen LogP contribution < -0.4 is 5.32 Å². The lowest BCUT2D eigenvalue weighted by molar-refractivity contribution is -0.131. The lowest BCUT2D eigenvalue weighted by atomic mass is 9.88. The minimum atomic E-state index is 0.0243. The van der Waals surface area contributed by atoms with Crippen LogP contribution in [0.25, 0.3) is 0 Å². The van der Waals surface area contributed by atoms with Crippen molar-refractivity contribution in [1.29, 1.82) is 0 Å². The zero-order valence-electron chi connectivity index (χ0n) is 10.7. The Kier molecular flexibility index (Phi) is 5.77. The zero-order valence-corrected chi connectivity index (χ0v) is 10.7. The van der Waals surface area contributed by atoms with Crippen molar-refractivity contribution in [2.75, 3.05) is 34.4 Å². The molecule has 0 aromatic carbocycles. The molecule has 1 aliphatic heterocycles. The van der Waals surface area contributed by atoms with Gasteiger partial charge in [-0.1, -0.05) is 0 Å².